The topological polar surface area (TPSA) is 20.3 Å². The molecule has 1 aliphatic heterocycles. The zero-order valence-corrected chi connectivity index (χ0v) is 13.6. The first-order chi connectivity index (χ1) is 10.2. The van der Waals surface area contributed by atoms with E-state index >= 15 is 0 Å². The van der Waals surface area contributed by atoms with Gasteiger partial charge in [-0.1, -0.05) is 59.3 Å². The predicted octanol–water partition coefficient (Wildman–Crippen LogP) is 4.53. The summed E-state index contributed by atoms with van der Waals surface area (Å²) in [4.78, 5) is 14.9. The molecule has 0 N–H and O–H groups in total. The Morgan fingerprint density at radius 3 is 2.71 bits per heavy atom. The standard InChI is InChI=1S/C18H18BrNO/c1-2-16(13-6-4-3-5-7-13)18(21)20-11-10-14-8-9-15(19)12-17(14)20/h3-9,12,16H,2,10-11H2,1H3. The molecule has 2 aromatic carbocycles. The van der Waals surface area contributed by atoms with Gasteiger partial charge in [0.2, 0.25) is 5.91 Å². The number of halogens is 1. The first kappa shape index (κ1) is 14.3. The second-order valence-electron chi connectivity index (χ2n) is 5.38. The fourth-order valence-electron chi connectivity index (χ4n) is 3.01. The van der Waals surface area contributed by atoms with E-state index in [-0.39, 0.29) is 11.8 Å². The number of fused-ring (bicyclic) bond motifs is 1. The zero-order chi connectivity index (χ0) is 14.8. The minimum Gasteiger partial charge on any atom is -0.311 e. The van der Waals surface area contributed by atoms with Crippen LogP contribution in [0.3, 0.4) is 0 Å². The highest BCUT2D eigenvalue weighted by Gasteiger charge is 2.30. The van der Waals surface area contributed by atoms with E-state index in [2.05, 4.69) is 35.0 Å². The van der Waals surface area contributed by atoms with Gasteiger partial charge in [-0.25, -0.2) is 0 Å². The maximum atomic E-state index is 13.0. The number of amides is 1. The van der Waals surface area contributed by atoms with Gasteiger partial charge in [0, 0.05) is 16.7 Å². The summed E-state index contributed by atoms with van der Waals surface area (Å²) in [5, 5.41) is 0. The summed E-state index contributed by atoms with van der Waals surface area (Å²) < 4.78 is 1.02. The Bertz CT molecular complexity index is 654. The third-order valence-electron chi connectivity index (χ3n) is 4.12. The Balaban J connectivity index is 1.91. The van der Waals surface area contributed by atoms with Crippen molar-refractivity contribution in [2.24, 2.45) is 0 Å². The predicted molar refractivity (Wildman–Crippen MR) is 89.7 cm³/mol. The van der Waals surface area contributed by atoms with E-state index in [9.17, 15) is 4.79 Å². The SMILES string of the molecule is CCC(C(=O)N1CCc2ccc(Br)cc21)c1ccccc1. The molecule has 0 saturated carbocycles. The second kappa shape index (κ2) is 6.02. The lowest BCUT2D eigenvalue weighted by molar-refractivity contribution is -0.120. The minimum atomic E-state index is -0.0591. The van der Waals surface area contributed by atoms with Crippen LogP contribution in [0.1, 0.15) is 30.4 Å². The summed E-state index contributed by atoms with van der Waals surface area (Å²) in [7, 11) is 0. The molecule has 2 nitrogen and oxygen atoms in total. The van der Waals surface area contributed by atoms with Crippen molar-refractivity contribution in [3.05, 3.63) is 64.1 Å². The van der Waals surface area contributed by atoms with Crippen molar-refractivity contribution >= 4 is 27.5 Å². The van der Waals surface area contributed by atoms with Crippen LogP contribution in [0.25, 0.3) is 0 Å². The van der Waals surface area contributed by atoms with Gasteiger partial charge in [0.1, 0.15) is 0 Å². The molecule has 1 atom stereocenters. The van der Waals surface area contributed by atoms with Crippen LogP contribution in [0.15, 0.2) is 53.0 Å². The van der Waals surface area contributed by atoms with Crippen molar-refractivity contribution in [3.8, 4) is 0 Å². The Morgan fingerprint density at radius 1 is 1.24 bits per heavy atom. The summed E-state index contributed by atoms with van der Waals surface area (Å²) in [5.74, 6) is 0.150. The molecule has 2 aromatic rings. The lowest BCUT2D eigenvalue weighted by Crippen LogP contribution is -2.33. The third kappa shape index (κ3) is 2.75. The van der Waals surface area contributed by atoms with Crippen molar-refractivity contribution in [2.75, 3.05) is 11.4 Å². The molecule has 3 heteroatoms. The van der Waals surface area contributed by atoms with Crippen molar-refractivity contribution in [1.82, 2.24) is 0 Å². The summed E-state index contributed by atoms with van der Waals surface area (Å²) in [6.07, 6.45) is 1.77. The number of nitrogens with zero attached hydrogens (tertiary/aromatic N) is 1. The van der Waals surface area contributed by atoms with Crippen molar-refractivity contribution < 1.29 is 4.79 Å². The molecule has 0 radical (unpaired) electrons. The summed E-state index contributed by atoms with van der Waals surface area (Å²) in [6.45, 7) is 2.86. The van der Waals surface area contributed by atoms with Crippen LogP contribution in [-0.4, -0.2) is 12.5 Å². The average molecular weight is 344 g/mol. The van der Waals surface area contributed by atoms with Gasteiger partial charge >= 0.3 is 0 Å². The fraction of sp³-hybridized carbons (Fsp3) is 0.278. The van der Waals surface area contributed by atoms with Gasteiger partial charge in [-0.05, 0) is 36.1 Å². The zero-order valence-electron chi connectivity index (χ0n) is 12.1. The number of rotatable bonds is 3. The van der Waals surface area contributed by atoms with Gasteiger partial charge in [0.25, 0.3) is 0 Å². The van der Waals surface area contributed by atoms with Crippen LogP contribution in [0.2, 0.25) is 0 Å². The second-order valence-corrected chi connectivity index (χ2v) is 6.30. The van der Waals surface area contributed by atoms with E-state index < -0.39 is 0 Å². The average Bonchev–Trinajstić information content (AvgIpc) is 2.92. The molecular formula is C18H18BrNO. The Kier molecular flexibility index (Phi) is 4.11. The van der Waals surface area contributed by atoms with E-state index in [4.69, 9.17) is 0 Å². The lowest BCUT2D eigenvalue weighted by Gasteiger charge is -2.23. The highest BCUT2D eigenvalue weighted by Crippen LogP contribution is 2.34. The highest BCUT2D eigenvalue weighted by molar-refractivity contribution is 9.10. The summed E-state index contributed by atoms with van der Waals surface area (Å²) in [5.41, 5.74) is 3.42. The molecule has 0 spiro atoms. The van der Waals surface area contributed by atoms with Gasteiger partial charge in [-0.3, -0.25) is 4.79 Å². The maximum Gasteiger partial charge on any atom is 0.234 e. The first-order valence-electron chi connectivity index (χ1n) is 7.35. The van der Waals surface area contributed by atoms with Crippen LogP contribution >= 0.6 is 15.9 Å². The molecule has 0 bridgehead atoms. The largest absolute Gasteiger partial charge is 0.311 e. The number of anilines is 1. The van der Waals surface area contributed by atoms with Gasteiger partial charge in [0.05, 0.1) is 5.92 Å². The monoisotopic (exact) mass is 343 g/mol. The van der Waals surface area contributed by atoms with Crippen LogP contribution in [0.4, 0.5) is 5.69 Å². The van der Waals surface area contributed by atoms with Crippen LogP contribution in [0.5, 0.6) is 0 Å². The first-order valence-corrected chi connectivity index (χ1v) is 8.14. The number of benzene rings is 2. The molecule has 1 unspecified atom stereocenters. The summed E-state index contributed by atoms with van der Waals surface area (Å²) >= 11 is 3.50. The van der Waals surface area contributed by atoms with Crippen molar-refractivity contribution in [2.45, 2.75) is 25.7 Å². The van der Waals surface area contributed by atoms with Crippen molar-refractivity contribution in [1.29, 1.82) is 0 Å². The Hall–Kier alpha value is -1.61. The molecule has 1 heterocycles. The normalized spacial score (nSPS) is 14.9. The Labute approximate surface area is 133 Å². The van der Waals surface area contributed by atoms with Crippen molar-refractivity contribution in [3.63, 3.8) is 0 Å². The van der Waals surface area contributed by atoms with E-state index in [1.165, 1.54) is 5.56 Å². The van der Waals surface area contributed by atoms with Crippen LogP contribution in [-0.2, 0) is 11.2 Å². The van der Waals surface area contributed by atoms with E-state index in [1.807, 2.05) is 41.3 Å². The van der Waals surface area contributed by atoms with E-state index in [0.29, 0.717) is 0 Å². The third-order valence-corrected chi connectivity index (χ3v) is 4.61. The molecule has 0 fully saturated rings. The van der Waals surface area contributed by atoms with Gasteiger partial charge in [-0.2, -0.15) is 0 Å². The molecule has 3 rings (SSSR count). The quantitative estimate of drug-likeness (QED) is 0.801. The minimum absolute atomic E-state index is 0.0591. The van der Waals surface area contributed by atoms with E-state index in [1.54, 1.807) is 0 Å². The molecule has 108 valence electrons. The molecule has 0 aliphatic carbocycles. The molecule has 0 aromatic heterocycles. The van der Waals surface area contributed by atoms with E-state index in [0.717, 1.165) is 35.1 Å². The molecular weight excluding hydrogens is 326 g/mol. The fourth-order valence-corrected chi connectivity index (χ4v) is 3.36. The molecule has 1 aliphatic rings. The van der Waals surface area contributed by atoms with Crippen LogP contribution in [0, 0.1) is 0 Å². The lowest BCUT2D eigenvalue weighted by atomic mass is 9.95. The van der Waals surface area contributed by atoms with Gasteiger partial charge in [-0.15, -0.1) is 0 Å². The highest BCUT2D eigenvalue weighted by atomic mass is 79.9. The molecule has 1 amide bonds. The number of hydrogen-bond acceptors (Lipinski definition) is 1. The van der Waals surface area contributed by atoms with Gasteiger partial charge in [0.15, 0.2) is 0 Å². The Morgan fingerprint density at radius 2 is 2.00 bits per heavy atom. The number of hydrogen-bond donors (Lipinski definition) is 0. The summed E-state index contributed by atoms with van der Waals surface area (Å²) in [6, 6.07) is 16.3. The molecule has 0 saturated heterocycles. The maximum absolute atomic E-state index is 13.0. The molecule has 21 heavy (non-hydrogen) atoms. The number of carbonyl (C=O) groups excluding carboxylic acids is 1. The van der Waals surface area contributed by atoms with Gasteiger partial charge < -0.3 is 4.90 Å². The number of carbonyl (C=O) groups is 1. The smallest absolute Gasteiger partial charge is 0.234 e. The van der Waals surface area contributed by atoms with Crippen LogP contribution < -0.4 is 4.90 Å².